The maximum atomic E-state index is 5.98. The third kappa shape index (κ3) is 2.83. The summed E-state index contributed by atoms with van der Waals surface area (Å²) in [6, 6.07) is 4.29. The van der Waals surface area contributed by atoms with E-state index in [1.165, 1.54) is 50.5 Å². The minimum atomic E-state index is 0.0891. The Balaban J connectivity index is 1.67. The van der Waals surface area contributed by atoms with Crippen molar-refractivity contribution in [2.45, 2.75) is 57.9 Å². The van der Waals surface area contributed by atoms with Crippen molar-refractivity contribution in [1.29, 1.82) is 0 Å². The van der Waals surface area contributed by atoms with Gasteiger partial charge < -0.3 is 10.6 Å². The van der Waals surface area contributed by atoms with Crippen molar-refractivity contribution < 1.29 is 0 Å². The summed E-state index contributed by atoms with van der Waals surface area (Å²) >= 11 is 0. The molecule has 1 saturated carbocycles. The van der Waals surface area contributed by atoms with Crippen LogP contribution in [0.1, 0.15) is 63.5 Å². The highest BCUT2D eigenvalue weighted by Gasteiger charge is 2.35. The van der Waals surface area contributed by atoms with E-state index < -0.39 is 0 Å². The lowest BCUT2D eigenvalue weighted by atomic mass is 9.68. The summed E-state index contributed by atoms with van der Waals surface area (Å²) in [6.45, 7) is 4.36. The van der Waals surface area contributed by atoms with Crippen LogP contribution in [0.2, 0.25) is 0 Å². The summed E-state index contributed by atoms with van der Waals surface area (Å²) in [5.74, 6) is 1.12. The van der Waals surface area contributed by atoms with Gasteiger partial charge in [-0.3, -0.25) is 0 Å². The van der Waals surface area contributed by atoms with Gasteiger partial charge in [0.05, 0.1) is 0 Å². The normalized spacial score (nSPS) is 23.8. The van der Waals surface area contributed by atoms with Crippen molar-refractivity contribution in [2.24, 2.45) is 11.1 Å². The van der Waals surface area contributed by atoms with Crippen LogP contribution in [0.5, 0.6) is 0 Å². The second kappa shape index (κ2) is 5.72. The number of anilines is 1. The number of aromatic nitrogens is 1. The molecule has 2 heterocycles. The Morgan fingerprint density at radius 2 is 1.85 bits per heavy atom. The SMILES string of the molecule is C[C@@H](N)c1ccnc(N2CCC3(CCCCC3)CC2)c1. The van der Waals surface area contributed by atoms with E-state index in [1.807, 2.05) is 19.2 Å². The lowest BCUT2D eigenvalue weighted by Crippen LogP contribution is -2.41. The third-order valence-electron chi connectivity index (χ3n) is 5.36. The van der Waals surface area contributed by atoms with Crippen LogP contribution in [-0.2, 0) is 0 Å². The monoisotopic (exact) mass is 273 g/mol. The summed E-state index contributed by atoms with van der Waals surface area (Å²) in [4.78, 5) is 7.00. The molecule has 0 bridgehead atoms. The second-order valence-corrected chi connectivity index (χ2v) is 6.78. The maximum Gasteiger partial charge on any atom is 0.128 e. The van der Waals surface area contributed by atoms with E-state index in [9.17, 15) is 0 Å². The fourth-order valence-electron chi connectivity index (χ4n) is 3.90. The molecule has 0 radical (unpaired) electrons. The van der Waals surface area contributed by atoms with Gasteiger partial charge in [-0.2, -0.15) is 0 Å². The van der Waals surface area contributed by atoms with Gasteiger partial charge in [-0.1, -0.05) is 19.3 Å². The Kier molecular flexibility index (Phi) is 3.97. The van der Waals surface area contributed by atoms with Crippen molar-refractivity contribution in [2.75, 3.05) is 18.0 Å². The summed E-state index contributed by atoms with van der Waals surface area (Å²) in [7, 11) is 0. The fourth-order valence-corrected chi connectivity index (χ4v) is 3.90. The van der Waals surface area contributed by atoms with Gasteiger partial charge in [0.25, 0.3) is 0 Å². The Morgan fingerprint density at radius 1 is 1.15 bits per heavy atom. The molecule has 3 rings (SSSR count). The van der Waals surface area contributed by atoms with Crippen LogP contribution in [0.15, 0.2) is 18.3 Å². The zero-order valence-corrected chi connectivity index (χ0v) is 12.6. The highest BCUT2D eigenvalue weighted by atomic mass is 15.2. The fraction of sp³-hybridized carbons (Fsp3) is 0.706. The minimum Gasteiger partial charge on any atom is -0.357 e. The molecular formula is C17H27N3. The Labute approximate surface area is 122 Å². The Bertz CT molecular complexity index is 439. The number of pyridine rings is 1. The lowest BCUT2D eigenvalue weighted by Gasteiger charge is -2.44. The first-order valence-electron chi connectivity index (χ1n) is 8.15. The Morgan fingerprint density at radius 3 is 2.50 bits per heavy atom. The highest BCUT2D eigenvalue weighted by Crippen LogP contribution is 2.44. The van der Waals surface area contributed by atoms with Crippen LogP contribution in [0.25, 0.3) is 0 Å². The van der Waals surface area contributed by atoms with Crippen molar-refractivity contribution in [3.63, 3.8) is 0 Å². The molecule has 1 aliphatic carbocycles. The largest absolute Gasteiger partial charge is 0.357 e. The van der Waals surface area contributed by atoms with Crippen molar-refractivity contribution in [1.82, 2.24) is 4.98 Å². The number of hydrogen-bond acceptors (Lipinski definition) is 3. The molecule has 1 spiro atoms. The first-order valence-corrected chi connectivity index (χ1v) is 8.15. The average Bonchev–Trinajstić information content (AvgIpc) is 2.49. The van der Waals surface area contributed by atoms with Crippen LogP contribution in [0.3, 0.4) is 0 Å². The molecule has 2 aliphatic rings. The van der Waals surface area contributed by atoms with Crippen molar-refractivity contribution in [3.05, 3.63) is 23.9 Å². The summed E-state index contributed by atoms with van der Waals surface area (Å²) in [5.41, 5.74) is 7.83. The van der Waals surface area contributed by atoms with Crippen LogP contribution in [0.4, 0.5) is 5.82 Å². The predicted octanol–water partition coefficient (Wildman–Crippen LogP) is 3.65. The number of hydrogen-bond donors (Lipinski definition) is 1. The summed E-state index contributed by atoms with van der Waals surface area (Å²) < 4.78 is 0. The molecule has 0 amide bonds. The van der Waals surface area contributed by atoms with Crippen LogP contribution in [-0.4, -0.2) is 18.1 Å². The lowest BCUT2D eigenvalue weighted by molar-refractivity contribution is 0.144. The molecule has 2 fully saturated rings. The van der Waals surface area contributed by atoms with Crippen LogP contribution >= 0.6 is 0 Å². The van der Waals surface area contributed by atoms with Gasteiger partial charge in [0.2, 0.25) is 0 Å². The molecule has 1 aromatic heterocycles. The smallest absolute Gasteiger partial charge is 0.128 e. The van der Waals surface area contributed by atoms with E-state index in [0.717, 1.165) is 18.9 Å². The van der Waals surface area contributed by atoms with E-state index in [4.69, 9.17) is 5.73 Å². The zero-order valence-electron chi connectivity index (χ0n) is 12.6. The van der Waals surface area contributed by atoms with Gasteiger partial charge in [-0.15, -0.1) is 0 Å². The number of nitrogens with two attached hydrogens (primary N) is 1. The quantitative estimate of drug-likeness (QED) is 0.894. The van der Waals surface area contributed by atoms with Gasteiger partial charge in [-0.05, 0) is 55.7 Å². The zero-order chi connectivity index (χ0) is 14.0. The third-order valence-corrected chi connectivity index (χ3v) is 5.36. The molecule has 1 saturated heterocycles. The van der Waals surface area contributed by atoms with Gasteiger partial charge in [0, 0.05) is 25.3 Å². The van der Waals surface area contributed by atoms with Crippen LogP contribution < -0.4 is 10.6 Å². The molecule has 0 unspecified atom stereocenters. The average molecular weight is 273 g/mol. The summed E-state index contributed by atoms with van der Waals surface area (Å²) in [6.07, 6.45) is 11.8. The molecule has 0 aromatic carbocycles. The van der Waals surface area contributed by atoms with Crippen molar-refractivity contribution >= 4 is 5.82 Å². The number of rotatable bonds is 2. The van der Waals surface area contributed by atoms with E-state index in [1.54, 1.807) is 0 Å². The molecule has 110 valence electrons. The first kappa shape index (κ1) is 13.9. The van der Waals surface area contributed by atoms with Gasteiger partial charge in [0.15, 0.2) is 0 Å². The highest BCUT2D eigenvalue weighted by molar-refractivity contribution is 5.42. The molecule has 3 nitrogen and oxygen atoms in total. The molecule has 2 N–H and O–H groups in total. The topological polar surface area (TPSA) is 42.1 Å². The maximum absolute atomic E-state index is 5.98. The summed E-state index contributed by atoms with van der Waals surface area (Å²) in [5, 5.41) is 0. The molecule has 1 aromatic rings. The van der Waals surface area contributed by atoms with E-state index in [0.29, 0.717) is 5.41 Å². The van der Waals surface area contributed by atoms with Gasteiger partial charge >= 0.3 is 0 Å². The standard InChI is InChI=1S/C17H27N3/c1-14(18)15-5-10-19-16(13-15)20-11-8-17(9-12-20)6-3-2-4-7-17/h5,10,13-14H,2-4,6-9,11-12,18H2,1H3/t14-/m1/s1. The minimum absolute atomic E-state index is 0.0891. The van der Waals surface area contributed by atoms with E-state index in [2.05, 4.69) is 16.0 Å². The van der Waals surface area contributed by atoms with E-state index >= 15 is 0 Å². The molecule has 1 atom stereocenters. The van der Waals surface area contributed by atoms with E-state index in [-0.39, 0.29) is 6.04 Å². The van der Waals surface area contributed by atoms with Crippen molar-refractivity contribution in [3.8, 4) is 0 Å². The van der Waals surface area contributed by atoms with Gasteiger partial charge in [0.1, 0.15) is 5.82 Å². The molecular weight excluding hydrogens is 246 g/mol. The predicted molar refractivity (Wildman–Crippen MR) is 83.8 cm³/mol. The number of piperidine rings is 1. The van der Waals surface area contributed by atoms with Gasteiger partial charge in [-0.25, -0.2) is 4.98 Å². The molecule has 1 aliphatic heterocycles. The number of nitrogens with zero attached hydrogens (tertiary/aromatic N) is 2. The Hall–Kier alpha value is -1.09. The second-order valence-electron chi connectivity index (χ2n) is 6.78. The molecule has 20 heavy (non-hydrogen) atoms. The first-order chi connectivity index (χ1) is 9.69. The van der Waals surface area contributed by atoms with Crippen LogP contribution in [0, 0.1) is 5.41 Å². The molecule has 3 heteroatoms.